The Morgan fingerprint density at radius 2 is 1.95 bits per heavy atom. The molecule has 2 rings (SSSR count). The molecule has 5 nitrogen and oxygen atoms in total. The summed E-state index contributed by atoms with van der Waals surface area (Å²) in [5.74, 6) is 0.464. The lowest BCUT2D eigenvalue weighted by molar-refractivity contribution is 0.0701. The summed E-state index contributed by atoms with van der Waals surface area (Å²) in [5, 5.41) is 9.76. The van der Waals surface area contributed by atoms with Crippen molar-refractivity contribution >= 4 is 17.3 Å². The number of nitrogens with zero attached hydrogens (tertiary/aromatic N) is 1. The van der Waals surface area contributed by atoms with Crippen LogP contribution in [0.15, 0.2) is 24.3 Å². The van der Waals surface area contributed by atoms with Crippen LogP contribution in [0, 0.1) is 6.92 Å². The number of carbonyl (C=O) groups is 1. The quantitative estimate of drug-likeness (QED) is 0.851. The van der Waals surface area contributed by atoms with Crippen molar-refractivity contribution < 1.29 is 19.4 Å². The van der Waals surface area contributed by atoms with Crippen LogP contribution < -0.4 is 9.47 Å². The van der Waals surface area contributed by atoms with Gasteiger partial charge in [-0.2, -0.15) is 0 Å². The summed E-state index contributed by atoms with van der Waals surface area (Å²) < 4.78 is 11.2. The molecule has 0 amide bonds. The molecule has 0 radical (unpaired) electrons. The normalized spacial score (nSPS) is 10.4. The molecule has 6 heteroatoms. The number of ether oxygens (including phenoxy) is 2. The van der Waals surface area contributed by atoms with Gasteiger partial charge in [-0.25, -0.2) is 9.78 Å². The molecular formula is C15H17NO4S. The minimum Gasteiger partial charge on any atom is -0.490 e. The topological polar surface area (TPSA) is 68.7 Å². The van der Waals surface area contributed by atoms with Gasteiger partial charge < -0.3 is 14.6 Å². The van der Waals surface area contributed by atoms with Gasteiger partial charge in [0.2, 0.25) is 0 Å². The van der Waals surface area contributed by atoms with E-state index in [0.29, 0.717) is 41.7 Å². The van der Waals surface area contributed by atoms with Gasteiger partial charge >= 0.3 is 5.97 Å². The average molecular weight is 307 g/mol. The minimum absolute atomic E-state index is 0.291. The third kappa shape index (κ3) is 3.95. The molecule has 2 aromatic rings. The monoisotopic (exact) mass is 307 g/mol. The van der Waals surface area contributed by atoms with Crippen LogP contribution in [0.3, 0.4) is 0 Å². The SMILES string of the molecule is CCOc1ccccc1OCCc1nc(C)c(C(=O)O)s1. The minimum atomic E-state index is -0.932. The van der Waals surface area contributed by atoms with Crippen molar-refractivity contribution in [3.63, 3.8) is 0 Å². The van der Waals surface area contributed by atoms with Gasteiger partial charge in [0.25, 0.3) is 0 Å². The summed E-state index contributed by atoms with van der Waals surface area (Å²) in [6.07, 6.45) is 0.569. The summed E-state index contributed by atoms with van der Waals surface area (Å²) in [6, 6.07) is 7.48. The number of aromatic carboxylic acids is 1. The highest BCUT2D eigenvalue weighted by atomic mass is 32.1. The second-order valence-electron chi connectivity index (χ2n) is 4.31. The van der Waals surface area contributed by atoms with E-state index in [4.69, 9.17) is 14.6 Å². The molecule has 0 aliphatic heterocycles. The Morgan fingerprint density at radius 3 is 2.52 bits per heavy atom. The molecule has 0 fully saturated rings. The molecule has 0 saturated carbocycles. The van der Waals surface area contributed by atoms with Gasteiger partial charge in [0, 0.05) is 6.42 Å². The summed E-state index contributed by atoms with van der Waals surface area (Å²) in [5.41, 5.74) is 0.553. The number of hydrogen-bond donors (Lipinski definition) is 1. The Bertz CT molecular complexity index is 624. The van der Waals surface area contributed by atoms with Crippen LogP contribution in [0.2, 0.25) is 0 Å². The molecule has 0 saturated heterocycles. The first-order valence-electron chi connectivity index (χ1n) is 6.66. The van der Waals surface area contributed by atoms with E-state index in [1.165, 1.54) is 11.3 Å². The molecule has 112 valence electrons. The second kappa shape index (κ2) is 7.08. The smallest absolute Gasteiger partial charge is 0.347 e. The van der Waals surface area contributed by atoms with Gasteiger partial charge in [-0.1, -0.05) is 12.1 Å². The highest BCUT2D eigenvalue weighted by Crippen LogP contribution is 2.26. The van der Waals surface area contributed by atoms with Crippen LogP contribution in [0.1, 0.15) is 27.3 Å². The van der Waals surface area contributed by atoms with E-state index >= 15 is 0 Å². The summed E-state index contributed by atoms with van der Waals surface area (Å²) in [4.78, 5) is 15.5. The van der Waals surface area contributed by atoms with Crippen LogP contribution >= 0.6 is 11.3 Å². The molecule has 0 bridgehead atoms. The molecule has 0 spiro atoms. The molecule has 1 aromatic carbocycles. The molecule has 0 aliphatic carbocycles. The predicted molar refractivity (Wildman–Crippen MR) is 80.6 cm³/mol. The Labute approximate surface area is 127 Å². The van der Waals surface area contributed by atoms with Crippen molar-refractivity contribution in [3.05, 3.63) is 39.8 Å². The fourth-order valence-electron chi connectivity index (χ4n) is 1.85. The van der Waals surface area contributed by atoms with Crippen LogP contribution in [-0.2, 0) is 6.42 Å². The second-order valence-corrected chi connectivity index (χ2v) is 5.39. The first-order valence-corrected chi connectivity index (χ1v) is 7.47. The van der Waals surface area contributed by atoms with Crippen molar-refractivity contribution in [1.82, 2.24) is 4.98 Å². The zero-order valence-corrected chi connectivity index (χ0v) is 12.8. The predicted octanol–water partition coefficient (Wildman–Crippen LogP) is 3.17. The highest BCUT2D eigenvalue weighted by molar-refractivity contribution is 7.13. The van der Waals surface area contributed by atoms with Crippen LogP contribution in [0.4, 0.5) is 0 Å². The van der Waals surface area contributed by atoms with Crippen molar-refractivity contribution in [2.45, 2.75) is 20.3 Å². The maximum absolute atomic E-state index is 11.0. The van der Waals surface area contributed by atoms with Crippen LogP contribution in [0.25, 0.3) is 0 Å². The van der Waals surface area contributed by atoms with Crippen molar-refractivity contribution in [1.29, 1.82) is 0 Å². The van der Waals surface area contributed by atoms with Gasteiger partial charge in [-0.15, -0.1) is 11.3 Å². The third-order valence-electron chi connectivity index (χ3n) is 2.76. The van der Waals surface area contributed by atoms with E-state index in [1.807, 2.05) is 31.2 Å². The Hall–Kier alpha value is -2.08. The highest BCUT2D eigenvalue weighted by Gasteiger charge is 2.14. The molecule has 0 aliphatic rings. The zero-order valence-electron chi connectivity index (χ0n) is 12.0. The molecule has 21 heavy (non-hydrogen) atoms. The number of aromatic nitrogens is 1. The molecule has 1 heterocycles. The van der Waals surface area contributed by atoms with Crippen molar-refractivity contribution in [3.8, 4) is 11.5 Å². The number of carboxylic acid groups (broad SMARTS) is 1. The van der Waals surface area contributed by atoms with E-state index in [2.05, 4.69) is 4.98 Å². The molecular weight excluding hydrogens is 290 g/mol. The first kappa shape index (κ1) is 15.3. The maximum atomic E-state index is 11.0. The van der Waals surface area contributed by atoms with Crippen molar-refractivity contribution in [2.24, 2.45) is 0 Å². The van der Waals surface area contributed by atoms with E-state index in [1.54, 1.807) is 6.92 Å². The number of para-hydroxylation sites is 2. The first-order chi connectivity index (χ1) is 10.1. The van der Waals surface area contributed by atoms with Gasteiger partial charge in [-0.3, -0.25) is 0 Å². The third-order valence-corrected chi connectivity index (χ3v) is 3.96. The lowest BCUT2D eigenvalue weighted by Crippen LogP contribution is -2.03. The van der Waals surface area contributed by atoms with Gasteiger partial charge in [0.15, 0.2) is 11.5 Å². The van der Waals surface area contributed by atoms with Crippen LogP contribution in [-0.4, -0.2) is 29.3 Å². The number of rotatable bonds is 7. The number of hydrogen-bond acceptors (Lipinski definition) is 5. The molecule has 0 unspecified atom stereocenters. The number of thiazole rings is 1. The number of aryl methyl sites for hydroxylation is 1. The summed E-state index contributed by atoms with van der Waals surface area (Å²) in [7, 11) is 0. The number of carboxylic acids is 1. The molecule has 0 atom stereocenters. The maximum Gasteiger partial charge on any atom is 0.347 e. The van der Waals surface area contributed by atoms with E-state index < -0.39 is 5.97 Å². The van der Waals surface area contributed by atoms with Gasteiger partial charge in [-0.05, 0) is 26.0 Å². The van der Waals surface area contributed by atoms with E-state index in [-0.39, 0.29) is 0 Å². The summed E-state index contributed by atoms with van der Waals surface area (Å²) in [6.45, 7) is 4.63. The summed E-state index contributed by atoms with van der Waals surface area (Å²) >= 11 is 1.20. The molecule has 1 aromatic heterocycles. The Kier molecular flexibility index (Phi) is 5.16. The fourth-order valence-corrected chi connectivity index (χ4v) is 2.73. The van der Waals surface area contributed by atoms with Gasteiger partial charge in [0.05, 0.1) is 23.9 Å². The standard InChI is InChI=1S/C15H17NO4S/c1-3-19-11-6-4-5-7-12(11)20-9-8-13-16-10(2)14(21-13)15(17)18/h4-7H,3,8-9H2,1-2H3,(H,17,18). The molecule has 1 N–H and O–H groups in total. The van der Waals surface area contributed by atoms with Crippen LogP contribution in [0.5, 0.6) is 11.5 Å². The fraction of sp³-hybridized carbons (Fsp3) is 0.333. The van der Waals surface area contributed by atoms with E-state index in [0.717, 1.165) is 5.01 Å². The lowest BCUT2D eigenvalue weighted by atomic mass is 10.3. The number of benzene rings is 1. The zero-order chi connectivity index (χ0) is 15.2. The van der Waals surface area contributed by atoms with E-state index in [9.17, 15) is 4.79 Å². The largest absolute Gasteiger partial charge is 0.490 e. The Morgan fingerprint density at radius 1 is 1.29 bits per heavy atom. The Balaban J connectivity index is 1.95. The average Bonchev–Trinajstić information content (AvgIpc) is 2.82. The van der Waals surface area contributed by atoms with Crippen molar-refractivity contribution in [2.75, 3.05) is 13.2 Å². The van der Waals surface area contributed by atoms with Gasteiger partial charge in [0.1, 0.15) is 4.88 Å². The lowest BCUT2D eigenvalue weighted by Gasteiger charge is -2.10.